The van der Waals surface area contributed by atoms with E-state index < -0.39 is 0 Å². The van der Waals surface area contributed by atoms with Gasteiger partial charge in [0.15, 0.2) is 0 Å². The van der Waals surface area contributed by atoms with Crippen molar-refractivity contribution in [2.24, 2.45) is 0 Å². The first-order valence-corrected chi connectivity index (χ1v) is 7.64. The Balaban J connectivity index is 2.05. The second kappa shape index (κ2) is 7.43. The maximum absolute atomic E-state index is 9.05. The van der Waals surface area contributed by atoms with Crippen LogP contribution >= 0.6 is 11.3 Å². The average molecular weight is 275 g/mol. The molecule has 0 aliphatic carbocycles. The van der Waals surface area contributed by atoms with Crippen LogP contribution in [0.15, 0.2) is 47.8 Å². The first-order chi connectivity index (χ1) is 9.31. The number of thiophene rings is 1. The van der Waals surface area contributed by atoms with Gasteiger partial charge in [-0.3, -0.25) is 0 Å². The van der Waals surface area contributed by atoms with E-state index in [2.05, 4.69) is 54.0 Å². The molecule has 2 rings (SSSR count). The van der Waals surface area contributed by atoms with Crippen LogP contribution in [0.4, 0.5) is 0 Å². The molecule has 0 aliphatic rings. The predicted molar refractivity (Wildman–Crippen MR) is 81.4 cm³/mol. The summed E-state index contributed by atoms with van der Waals surface area (Å²) in [7, 11) is 0. The number of benzene rings is 1. The Hall–Kier alpha value is -1.16. The maximum Gasteiger partial charge on any atom is 0.0431 e. The molecule has 2 unspecified atom stereocenters. The van der Waals surface area contributed by atoms with Gasteiger partial charge in [-0.15, -0.1) is 11.3 Å². The fourth-order valence-corrected chi connectivity index (χ4v) is 2.99. The van der Waals surface area contributed by atoms with Gasteiger partial charge in [0, 0.05) is 23.6 Å². The molecule has 0 radical (unpaired) electrons. The highest BCUT2D eigenvalue weighted by Gasteiger charge is 2.15. The number of aliphatic hydroxyl groups is 1. The second-order valence-electron chi connectivity index (χ2n) is 4.73. The summed E-state index contributed by atoms with van der Waals surface area (Å²) < 4.78 is 0. The summed E-state index contributed by atoms with van der Waals surface area (Å²) in [5, 5.41) is 14.8. The van der Waals surface area contributed by atoms with Crippen molar-refractivity contribution in [2.45, 2.75) is 31.8 Å². The molecular formula is C16H21NOS. The summed E-state index contributed by atoms with van der Waals surface area (Å²) in [6, 6.07) is 15.4. The Labute approximate surface area is 119 Å². The molecule has 2 atom stereocenters. The van der Waals surface area contributed by atoms with Crippen molar-refractivity contribution >= 4 is 11.3 Å². The third-order valence-corrected chi connectivity index (χ3v) is 4.33. The van der Waals surface area contributed by atoms with Crippen LogP contribution in [0, 0.1) is 0 Å². The molecule has 0 amide bonds. The zero-order valence-corrected chi connectivity index (χ0v) is 12.1. The molecule has 0 bridgehead atoms. The van der Waals surface area contributed by atoms with Crippen LogP contribution in [0.1, 0.15) is 42.3 Å². The first-order valence-electron chi connectivity index (χ1n) is 6.76. The van der Waals surface area contributed by atoms with Gasteiger partial charge < -0.3 is 10.4 Å². The molecule has 2 nitrogen and oxygen atoms in total. The van der Waals surface area contributed by atoms with Gasteiger partial charge in [0.25, 0.3) is 0 Å². The van der Waals surface area contributed by atoms with E-state index in [4.69, 9.17) is 5.11 Å². The van der Waals surface area contributed by atoms with Crippen LogP contribution < -0.4 is 5.32 Å². The molecule has 0 spiro atoms. The number of aliphatic hydroxyl groups excluding tert-OH is 1. The molecule has 102 valence electrons. The SMILES string of the molecule is CC(NC(CCCO)c1ccccc1)c1cccs1. The maximum atomic E-state index is 9.05. The summed E-state index contributed by atoms with van der Waals surface area (Å²) in [5.74, 6) is 0. The van der Waals surface area contributed by atoms with E-state index in [1.165, 1.54) is 10.4 Å². The Kier molecular flexibility index (Phi) is 5.58. The number of hydrogen-bond donors (Lipinski definition) is 2. The van der Waals surface area contributed by atoms with Gasteiger partial charge in [0.05, 0.1) is 0 Å². The van der Waals surface area contributed by atoms with E-state index in [1.54, 1.807) is 11.3 Å². The highest BCUT2D eigenvalue weighted by atomic mass is 32.1. The summed E-state index contributed by atoms with van der Waals surface area (Å²) >= 11 is 1.78. The summed E-state index contributed by atoms with van der Waals surface area (Å²) in [5.41, 5.74) is 1.29. The van der Waals surface area contributed by atoms with E-state index in [0.717, 1.165) is 12.8 Å². The number of nitrogens with one attached hydrogen (secondary N) is 1. The third kappa shape index (κ3) is 4.16. The standard InChI is InChI=1S/C16H21NOS/c1-13(16-10-6-12-19-16)17-15(9-5-11-18)14-7-3-2-4-8-14/h2-4,6-8,10,12-13,15,17-18H,5,9,11H2,1H3. The van der Waals surface area contributed by atoms with Crippen LogP contribution in [-0.2, 0) is 0 Å². The molecule has 1 aromatic carbocycles. The van der Waals surface area contributed by atoms with Gasteiger partial charge in [-0.1, -0.05) is 36.4 Å². The summed E-state index contributed by atoms with van der Waals surface area (Å²) in [6.45, 7) is 2.44. The smallest absolute Gasteiger partial charge is 0.0431 e. The van der Waals surface area contributed by atoms with E-state index >= 15 is 0 Å². The summed E-state index contributed by atoms with van der Waals surface area (Å²) in [4.78, 5) is 1.35. The Morgan fingerprint density at radius 2 is 1.95 bits per heavy atom. The molecule has 0 saturated heterocycles. The molecule has 1 heterocycles. The minimum absolute atomic E-state index is 0.248. The Morgan fingerprint density at radius 3 is 2.58 bits per heavy atom. The number of rotatable bonds is 7. The van der Waals surface area contributed by atoms with Crippen molar-refractivity contribution in [2.75, 3.05) is 6.61 Å². The second-order valence-corrected chi connectivity index (χ2v) is 5.71. The predicted octanol–water partition coefficient (Wildman–Crippen LogP) is 3.91. The molecule has 1 aromatic heterocycles. The van der Waals surface area contributed by atoms with Crippen LogP contribution in [0.25, 0.3) is 0 Å². The minimum Gasteiger partial charge on any atom is -0.396 e. The topological polar surface area (TPSA) is 32.3 Å². The van der Waals surface area contributed by atoms with Crippen molar-refractivity contribution in [3.8, 4) is 0 Å². The lowest BCUT2D eigenvalue weighted by Gasteiger charge is -2.23. The van der Waals surface area contributed by atoms with Crippen molar-refractivity contribution < 1.29 is 5.11 Å². The largest absolute Gasteiger partial charge is 0.396 e. The lowest BCUT2D eigenvalue weighted by molar-refractivity contribution is 0.272. The van der Waals surface area contributed by atoms with Gasteiger partial charge >= 0.3 is 0 Å². The molecule has 0 fully saturated rings. The monoisotopic (exact) mass is 275 g/mol. The Bertz CT molecular complexity index is 455. The molecule has 0 saturated carbocycles. The highest BCUT2D eigenvalue weighted by molar-refractivity contribution is 7.10. The van der Waals surface area contributed by atoms with Crippen LogP contribution in [-0.4, -0.2) is 11.7 Å². The quantitative estimate of drug-likeness (QED) is 0.803. The highest BCUT2D eigenvalue weighted by Crippen LogP contribution is 2.25. The molecule has 2 N–H and O–H groups in total. The van der Waals surface area contributed by atoms with Crippen LogP contribution in [0.2, 0.25) is 0 Å². The molecular weight excluding hydrogens is 254 g/mol. The normalized spacial score (nSPS) is 14.2. The fraction of sp³-hybridized carbons (Fsp3) is 0.375. The molecule has 19 heavy (non-hydrogen) atoms. The van der Waals surface area contributed by atoms with Gasteiger partial charge in [-0.2, -0.15) is 0 Å². The van der Waals surface area contributed by atoms with Gasteiger partial charge in [-0.25, -0.2) is 0 Å². The first kappa shape index (κ1) is 14.3. The van der Waals surface area contributed by atoms with Crippen LogP contribution in [0.5, 0.6) is 0 Å². The molecule has 2 aromatic rings. The van der Waals surface area contributed by atoms with Crippen molar-refractivity contribution in [1.29, 1.82) is 0 Å². The van der Waals surface area contributed by atoms with Gasteiger partial charge in [0.1, 0.15) is 0 Å². The van der Waals surface area contributed by atoms with Crippen molar-refractivity contribution in [3.63, 3.8) is 0 Å². The third-order valence-electron chi connectivity index (χ3n) is 3.27. The Morgan fingerprint density at radius 1 is 1.16 bits per heavy atom. The zero-order valence-electron chi connectivity index (χ0n) is 11.3. The number of hydrogen-bond acceptors (Lipinski definition) is 3. The van der Waals surface area contributed by atoms with Gasteiger partial charge in [0.2, 0.25) is 0 Å². The van der Waals surface area contributed by atoms with Gasteiger partial charge in [-0.05, 0) is 36.8 Å². The van der Waals surface area contributed by atoms with Crippen molar-refractivity contribution in [3.05, 3.63) is 58.3 Å². The van der Waals surface area contributed by atoms with E-state index in [0.29, 0.717) is 12.1 Å². The van der Waals surface area contributed by atoms with E-state index in [-0.39, 0.29) is 6.61 Å². The molecule has 3 heteroatoms. The van der Waals surface area contributed by atoms with Crippen LogP contribution in [0.3, 0.4) is 0 Å². The zero-order chi connectivity index (χ0) is 13.5. The lowest BCUT2D eigenvalue weighted by atomic mass is 10.0. The van der Waals surface area contributed by atoms with Crippen molar-refractivity contribution in [1.82, 2.24) is 5.32 Å². The minimum atomic E-state index is 0.248. The fourth-order valence-electron chi connectivity index (χ4n) is 2.25. The van der Waals surface area contributed by atoms with E-state index in [9.17, 15) is 0 Å². The van der Waals surface area contributed by atoms with E-state index in [1.807, 2.05) is 6.07 Å². The molecule has 0 aliphatic heterocycles. The average Bonchev–Trinajstić information content (AvgIpc) is 2.98. The summed E-state index contributed by atoms with van der Waals surface area (Å²) in [6.07, 6.45) is 1.78. The lowest BCUT2D eigenvalue weighted by Crippen LogP contribution is -2.24.